The zero-order valence-corrected chi connectivity index (χ0v) is 11.3. The van der Waals surface area contributed by atoms with Crippen molar-refractivity contribution in [3.63, 3.8) is 0 Å². The van der Waals surface area contributed by atoms with Gasteiger partial charge in [-0.2, -0.15) is 15.4 Å². The van der Waals surface area contributed by atoms with Crippen molar-refractivity contribution < 1.29 is 14.3 Å². The molecular formula is C15H10N4O3. The Kier molecular flexibility index (Phi) is 2.73. The molecular weight excluding hydrogens is 284 g/mol. The Labute approximate surface area is 123 Å². The van der Waals surface area contributed by atoms with Crippen LogP contribution in [0.4, 0.5) is 0 Å². The van der Waals surface area contributed by atoms with Crippen molar-refractivity contribution in [3.05, 3.63) is 42.0 Å². The average molecular weight is 294 g/mol. The first-order valence-electron chi connectivity index (χ1n) is 6.60. The Bertz CT molecular complexity index is 1000. The quantitative estimate of drug-likeness (QED) is 0.559. The Hall–Kier alpha value is -3.06. The highest BCUT2D eigenvalue weighted by Gasteiger charge is 2.12. The first-order valence-corrected chi connectivity index (χ1v) is 6.60. The van der Waals surface area contributed by atoms with Gasteiger partial charge in [0.2, 0.25) is 5.89 Å². The zero-order valence-electron chi connectivity index (χ0n) is 11.3. The fourth-order valence-corrected chi connectivity index (χ4v) is 2.29. The fourth-order valence-electron chi connectivity index (χ4n) is 2.29. The Morgan fingerprint density at radius 1 is 1.09 bits per heavy atom. The highest BCUT2D eigenvalue weighted by molar-refractivity contribution is 5.99. The van der Waals surface area contributed by atoms with E-state index in [4.69, 9.17) is 9.52 Å². The molecule has 0 atom stereocenters. The third kappa shape index (κ3) is 1.95. The number of carbonyl (C=O) groups is 1. The Morgan fingerprint density at radius 2 is 1.91 bits per heavy atom. The standard InChI is InChI=1S/C15H10N4O3/c20-7-13(21)8-1-4-11-14(6-8)22-15(16-11)9-2-3-10-12(5-9)18-19-17-10/h1-6,20H,7H2,(H,17,18,19). The molecule has 0 unspecified atom stereocenters. The number of H-pyrrole nitrogens is 1. The van der Waals surface area contributed by atoms with Crippen LogP contribution in [-0.4, -0.2) is 37.9 Å². The van der Waals surface area contributed by atoms with E-state index < -0.39 is 6.61 Å². The molecule has 4 aromatic rings. The number of nitrogens with one attached hydrogen (secondary N) is 1. The molecule has 7 heteroatoms. The van der Waals surface area contributed by atoms with Crippen LogP contribution >= 0.6 is 0 Å². The molecule has 0 spiro atoms. The minimum Gasteiger partial charge on any atom is -0.436 e. The van der Waals surface area contributed by atoms with Crippen molar-refractivity contribution in [3.8, 4) is 11.5 Å². The Morgan fingerprint density at radius 3 is 2.77 bits per heavy atom. The third-order valence-corrected chi connectivity index (χ3v) is 3.42. The van der Waals surface area contributed by atoms with Gasteiger partial charge in [-0.15, -0.1) is 0 Å². The first-order chi connectivity index (χ1) is 10.7. The largest absolute Gasteiger partial charge is 0.436 e. The second-order valence-corrected chi connectivity index (χ2v) is 4.81. The summed E-state index contributed by atoms with van der Waals surface area (Å²) < 4.78 is 5.71. The summed E-state index contributed by atoms with van der Waals surface area (Å²) in [5.74, 6) is 0.0809. The number of fused-ring (bicyclic) bond motifs is 2. The van der Waals surface area contributed by atoms with Gasteiger partial charge in [0.1, 0.15) is 23.2 Å². The van der Waals surface area contributed by atoms with E-state index in [9.17, 15) is 4.79 Å². The van der Waals surface area contributed by atoms with Crippen LogP contribution in [0.1, 0.15) is 10.4 Å². The Balaban J connectivity index is 1.82. The van der Waals surface area contributed by atoms with Crippen molar-refractivity contribution in [2.45, 2.75) is 0 Å². The molecule has 7 nitrogen and oxygen atoms in total. The zero-order chi connectivity index (χ0) is 15.1. The molecule has 0 fully saturated rings. The lowest BCUT2D eigenvalue weighted by molar-refractivity contribution is 0.0904. The summed E-state index contributed by atoms with van der Waals surface area (Å²) in [5, 5.41) is 19.5. The number of aromatic amines is 1. The van der Waals surface area contributed by atoms with Gasteiger partial charge in [-0.25, -0.2) is 4.98 Å². The van der Waals surface area contributed by atoms with Crippen molar-refractivity contribution in [2.75, 3.05) is 6.61 Å². The predicted molar refractivity (Wildman–Crippen MR) is 78.3 cm³/mol. The summed E-state index contributed by atoms with van der Waals surface area (Å²) in [5.41, 5.74) is 3.78. The minimum absolute atomic E-state index is 0.358. The van der Waals surface area contributed by atoms with E-state index in [0.29, 0.717) is 22.6 Å². The number of aliphatic hydroxyl groups excluding tert-OH is 1. The van der Waals surface area contributed by atoms with Crippen LogP contribution in [0.2, 0.25) is 0 Å². The molecule has 0 aliphatic carbocycles. The van der Waals surface area contributed by atoms with E-state index in [2.05, 4.69) is 20.4 Å². The summed E-state index contributed by atoms with van der Waals surface area (Å²) >= 11 is 0. The summed E-state index contributed by atoms with van der Waals surface area (Å²) in [6.07, 6.45) is 0. The molecule has 0 radical (unpaired) electrons. The maximum atomic E-state index is 11.5. The fraction of sp³-hybridized carbons (Fsp3) is 0.0667. The first kappa shape index (κ1) is 12.7. The van der Waals surface area contributed by atoms with Gasteiger partial charge in [0.05, 0.1) is 0 Å². The molecule has 2 aromatic heterocycles. The van der Waals surface area contributed by atoms with Crippen LogP contribution < -0.4 is 0 Å². The number of benzene rings is 2. The van der Waals surface area contributed by atoms with E-state index in [0.717, 1.165) is 16.6 Å². The lowest BCUT2D eigenvalue weighted by Crippen LogP contribution is -2.03. The van der Waals surface area contributed by atoms with Crippen molar-refractivity contribution in [2.24, 2.45) is 0 Å². The van der Waals surface area contributed by atoms with Crippen LogP contribution in [0.3, 0.4) is 0 Å². The molecule has 0 saturated carbocycles. The number of oxazole rings is 1. The van der Waals surface area contributed by atoms with Crippen LogP contribution in [0.5, 0.6) is 0 Å². The molecule has 2 aromatic carbocycles. The molecule has 0 bridgehead atoms. The van der Waals surface area contributed by atoms with Crippen molar-refractivity contribution in [1.29, 1.82) is 0 Å². The number of aliphatic hydroxyl groups is 1. The molecule has 4 rings (SSSR count). The molecule has 22 heavy (non-hydrogen) atoms. The highest BCUT2D eigenvalue weighted by atomic mass is 16.3. The maximum absolute atomic E-state index is 11.5. The summed E-state index contributed by atoms with van der Waals surface area (Å²) in [7, 11) is 0. The number of nitrogens with zero attached hydrogens (tertiary/aromatic N) is 3. The summed E-state index contributed by atoms with van der Waals surface area (Å²) in [6.45, 7) is -0.532. The third-order valence-electron chi connectivity index (χ3n) is 3.42. The average Bonchev–Trinajstić information content (AvgIpc) is 3.18. The number of hydrogen-bond acceptors (Lipinski definition) is 6. The van der Waals surface area contributed by atoms with Gasteiger partial charge in [0.15, 0.2) is 11.4 Å². The molecule has 0 aliphatic rings. The summed E-state index contributed by atoms with van der Waals surface area (Å²) in [6, 6.07) is 10.4. The van der Waals surface area contributed by atoms with Crippen LogP contribution in [-0.2, 0) is 0 Å². The second-order valence-electron chi connectivity index (χ2n) is 4.81. The second kappa shape index (κ2) is 4.74. The molecule has 0 aliphatic heterocycles. The highest BCUT2D eigenvalue weighted by Crippen LogP contribution is 2.26. The van der Waals surface area contributed by atoms with E-state index in [-0.39, 0.29) is 5.78 Å². The number of hydrogen-bond donors (Lipinski definition) is 2. The minimum atomic E-state index is -0.532. The number of rotatable bonds is 3. The normalized spacial score (nSPS) is 11.3. The molecule has 2 heterocycles. The van der Waals surface area contributed by atoms with Gasteiger partial charge in [-0.05, 0) is 36.4 Å². The van der Waals surface area contributed by atoms with Gasteiger partial charge in [-0.3, -0.25) is 4.79 Å². The van der Waals surface area contributed by atoms with Gasteiger partial charge < -0.3 is 9.52 Å². The van der Waals surface area contributed by atoms with Gasteiger partial charge in [0.25, 0.3) is 0 Å². The number of ketones is 1. The number of aromatic nitrogens is 4. The predicted octanol–water partition coefficient (Wildman–Crippen LogP) is 1.94. The lowest BCUT2D eigenvalue weighted by atomic mass is 10.1. The van der Waals surface area contributed by atoms with Crippen molar-refractivity contribution >= 4 is 27.9 Å². The summed E-state index contributed by atoms with van der Waals surface area (Å²) in [4.78, 5) is 15.9. The van der Waals surface area contributed by atoms with E-state index in [1.807, 2.05) is 18.2 Å². The van der Waals surface area contributed by atoms with E-state index in [1.54, 1.807) is 18.2 Å². The maximum Gasteiger partial charge on any atom is 0.227 e. The van der Waals surface area contributed by atoms with E-state index >= 15 is 0 Å². The van der Waals surface area contributed by atoms with Crippen molar-refractivity contribution in [1.82, 2.24) is 20.4 Å². The van der Waals surface area contributed by atoms with E-state index in [1.165, 1.54) is 0 Å². The number of carbonyl (C=O) groups excluding carboxylic acids is 1. The van der Waals surface area contributed by atoms with Crippen LogP contribution in [0, 0.1) is 0 Å². The smallest absolute Gasteiger partial charge is 0.227 e. The topological polar surface area (TPSA) is 105 Å². The van der Waals surface area contributed by atoms with Gasteiger partial charge in [0, 0.05) is 11.1 Å². The van der Waals surface area contributed by atoms with Gasteiger partial charge in [-0.1, -0.05) is 0 Å². The lowest BCUT2D eigenvalue weighted by Gasteiger charge is -1.95. The van der Waals surface area contributed by atoms with Gasteiger partial charge >= 0.3 is 0 Å². The monoisotopic (exact) mass is 294 g/mol. The molecule has 0 amide bonds. The van der Waals surface area contributed by atoms with Crippen LogP contribution in [0.25, 0.3) is 33.6 Å². The SMILES string of the molecule is O=C(CO)c1ccc2nc(-c3ccc4n[nH]nc4c3)oc2c1. The van der Waals surface area contributed by atoms with Crippen LogP contribution in [0.15, 0.2) is 40.8 Å². The number of Topliss-reactive ketones (excluding diaryl/α,β-unsaturated/α-hetero) is 1. The molecule has 108 valence electrons. The molecule has 0 saturated heterocycles. The molecule has 2 N–H and O–H groups in total.